The molecule has 0 atom stereocenters. The maximum Gasteiger partial charge on any atom is 0.290 e. The normalized spacial score (nSPS) is 15.2. The van der Waals surface area contributed by atoms with E-state index in [0.717, 1.165) is 34.6 Å². The molecular formula is C19H19N3O3S. The Kier molecular flexibility index (Phi) is 5.58. The fourth-order valence-corrected chi connectivity index (χ4v) is 3.07. The van der Waals surface area contributed by atoms with Crippen molar-refractivity contribution in [3.8, 4) is 5.75 Å². The number of pyridine rings is 1. The molecule has 1 aromatic heterocycles. The molecule has 1 saturated heterocycles. The monoisotopic (exact) mass is 369 g/mol. The van der Waals surface area contributed by atoms with Crippen LogP contribution in [-0.4, -0.2) is 36.3 Å². The molecule has 6 nitrogen and oxygen atoms in total. The Labute approximate surface area is 156 Å². The van der Waals surface area contributed by atoms with Crippen molar-refractivity contribution in [2.45, 2.75) is 6.92 Å². The Hall–Kier alpha value is -2.80. The van der Waals surface area contributed by atoms with E-state index >= 15 is 0 Å². The van der Waals surface area contributed by atoms with Gasteiger partial charge in [-0.2, -0.15) is 0 Å². The molecule has 26 heavy (non-hydrogen) atoms. The van der Waals surface area contributed by atoms with Crippen molar-refractivity contribution >= 4 is 34.8 Å². The minimum absolute atomic E-state index is 0.339. The van der Waals surface area contributed by atoms with E-state index in [1.807, 2.05) is 61.3 Å². The van der Waals surface area contributed by atoms with Gasteiger partial charge in [-0.3, -0.25) is 14.9 Å². The zero-order chi connectivity index (χ0) is 18.5. The number of carbonyl (C=O) groups excluding carboxylic acids is 2. The third-order valence-electron chi connectivity index (χ3n) is 3.78. The number of benzene rings is 1. The summed E-state index contributed by atoms with van der Waals surface area (Å²) < 4.78 is 5.76. The molecule has 1 N–H and O–H groups in total. The molecular weight excluding hydrogens is 350 g/mol. The second-order valence-corrected chi connectivity index (χ2v) is 6.84. The minimum atomic E-state index is -0.354. The first-order chi connectivity index (χ1) is 12.5. The lowest BCUT2D eigenvalue weighted by Crippen LogP contribution is -2.24. The molecule has 0 unspecified atom stereocenters. The molecule has 134 valence electrons. The van der Waals surface area contributed by atoms with Crippen molar-refractivity contribution in [3.63, 3.8) is 0 Å². The van der Waals surface area contributed by atoms with Crippen molar-refractivity contribution < 1.29 is 14.3 Å². The number of aryl methyl sites for hydroxylation is 1. The highest BCUT2D eigenvalue weighted by molar-refractivity contribution is 8.18. The number of likely N-dealkylation sites (N-methyl/N-ethyl adjacent to an activating group) is 1. The van der Waals surface area contributed by atoms with E-state index in [2.05, 4.69) is 10.3 Å². The standard InChI is InChI=1S/C19H19N3O3S/c1-13-4-3-5-17(20-13)22(2)10-11-25-15-8-6-14(7-9-15)12-16-18(23)21-19(24)26-16/h3-9,12H,10-11H2,1-2H3,(H,21,23,24)/b16-12-. The van der Waals surface area contributed by atoms with E-state index in [1.165, 1.54) is 0 Å². The first-order valence-corrected chi connectivity index (χ1v) is 8.95. The molecule has 0 radical (unpaired) electrons. The first kappa shape index (κ1) is 18.0. The summed E-state index contributed by atoms with van der Waals surface area (Å²) in [4.78, 5) is 29.6. The van der Waals surface area contributed by atoms with Crippen LogP contribution >= 0.6 is 11.8 Å². The van der Waals surface area contributed by atoms with Gasteiger partial charge in [0.2, 0.25) is 0 Å². The van der Waals surface area contributed by atoms with Gasteiger partial charge in [-0.15, -0.1) is 0 Å². The lowest BCUT2D eigenvalue weighted by atomic mass is 10.2. The molecule has 0 aliphatic carbocycles. The highest BCUT2D eigenvalue weighted by Gasteiger charge is 2.24. The van der Waals surface area contributed by atoms with Crippen LogP contribution in [0.3, 0.4) is 0 Å². The van der Waals surface area contributed by atoms with Crippen molar-refractivity contribution in [3.05, 3.63) is 58.6 Å². The maximum atomic E-state index is 11.5. The van der Waals surface area contributed by atoms with E-state index < -0.39 is 0 Å². The van der Waals surface area contributed by atoms with Gasteiger partial charge >= 0.3 is 0 Å². The number of ether oxygens (including phenoxy) is 1. The fourth-order valence-electron chi connectivity index (χ4n) is 2.39. The number of nitrogens with zero attached hydrogens (tertiary/aromatic N) is 2. The fraction of sp³-hybridized carbons (Fsp3) is 0.211. The van der Waals surface area contributed by atoms with Gasteiger partial charge in [-0.1, -0.05) is 18.2 Å². The Morgan fingerprint density at radius 1 is 1.19 bits per heavy atom. The molecule has 1 aliphatic heterocycles. The average molecular weight is 369 g/mol. The summed E-state index contributed by atoms with van der Waals surface area (Å²) >= 11 is 0.907. The number of nitrogens with one attached hydrogen (secondary N) is 1. The molecule has 0 bridgehead atoms. The molecule has 1 aromatic carbocycles. The number of imide groups is 1. The van der Waals surface area contributed by atoms with Crippen molar-refractivity contribution in [2.75, 3.05) is 25.1 Å². The quantitative estimate of drug-likeness (QED) is 0.789. The van der Waals surface area contributed by atoms with E-state index in [0.29, 0.717) is 18.1 Å². The van der Waals surface area contributed by atoms with Gasteiger partial charge in [0.05, 0.1) is 11.4 Å². The molecule has 0 spiro atoms. The first-order valence-electron chi connectivity index (χ1n) is 8.14. The van der Waals surface area contributed by atoms with Crippen LogP contribution in [0.2, 0.25) is 0 Å². The van der Waals surface area contributed by atoms with Crippen molar-refractivity contribution in [1.82, 2.24) is 10.3 Å². The van der Waals surface area contributed by atoms with Gasteiger partial charge in [0.15, 0.2) is 0 Å². The predicted octanol–water partition coefficient (Wildman–Crippen LogP) is 3.23. The number of amides is 2. The van der Waals surface area contributed by atoms with E-state index in [9.17, 15) is 9.59 Å². The molecule has 0 saturated carbocycles. The third-order valence-corrected chi connectivity index (χ3v) is 4.59. The average Bonchev–Trinajstić information content (AvgIpc) is 2.93. The minimum Gasteiger partial charge on any atom is -0.492 e. The largest absolute Gasteiger partial charge is 0.492 e. The predicted molar refractivity (Wildman–Crippen MR) is 103 cm³/mol. The number of thioether (sulfide) groups is 1. The molecule has 2 aromatic rings. The Morgan fingerprint density at radius 2 is 1.96 bits per heavy atom. The summed E-state index contributed by atoms with van der Waals surface area (Å²) in [5, 5.41) is 1.90. The van der Waals surface area contributed by atoms with Gasteiger partial charge in [0.25, 0.3) is 11.1 Å². The maximum absolute atomic E-state index is 11.5. The van der Waals surface area contributed by atoms with Gasteiger partial charge < -0.3 is 9.64 Å². The smallest absolute Gasteiger partial charge is 0.290 e. The molecule has 3 rings (SSSR count). The highest BCUT2D eigenvalue weighted by atomic mass is 32.2. The summed E-state index contributed by atoms with van der Waals surface area (Å²) in [7, 11) is 1.98. The van der Waals surface area contributed by atoms with Crippen LogP contribution in [0.4, 0.5) is 10.6 Å². The second-order valence-electron chi connectivity index (χ2n) is 5.83. The summed E-state index contributed by atoms with van der Waals surface area (Å²) in [6.45, 7) is 3.20. The SMILES string of the molecule is Cc1cccc(N(C)CCOc2ccc(/C=C3\SC(=O)NC3=O)cc2)n1. The zero-order valence-electron chi connectivity index (χ0n) is 14.6. The number of hydrogen-bond donors (Lipinski definition) is 1. The Morgan fingerprint density at radius 3 is 2.62 bits per heavy atom. The summed E-state index contributed by atoms with van der Waals surface area (Å²) in [5.41, 5.74) is 1.82. The van der Waals surface area contributed by atoms with E-state index in [1.54, 1.807) is 6.08 Å². The van der Waals surface area contributed by atoms with Crippen LogP contribution in [0.25, 0.3) is 6.08 Å². The van der Waals surface area contributed by atoms with Gasteiger partial charge in [-0.05, 0) is 54.6 Å². The number of anilines is 1. The topological polar surface area (TPSA) is 71.5 Å². The van der Waals surface area contributed by atoms with Crippen molar-refractivity contribution in [1.29, 1.82) is 0 Å². The molecule has 1 fully saturated rings. The van der Waals surface area contributed by atoms with Crippen LogP contribution in [0.1, 0.15) is 11.3 Å². The van der Waals surface area contributed by atoms with Crippen LogP contribution < -0.4 is 15.0 Å². The van der Waals surface area contributed by atoms with Crippen molar-refractivity contribution in [2.24, 2.45) is 0 Å². The van der Waals surface area contributed by atoms with Crippen LogP contribution in [0.15, 0.2) is 47.4 Å². The number of hydrogen-bond acceptors (Lipinski definition) is 6. The number of rotatable bonds is 6. The van der Waals surface area contributed by atoms with E-state index in [4.69, 9.17) is 4.74 Å². The summed E-state index contributed by atoms with van der Waals surface area (Å²) in [5.74, 6) is 1.31. The number of aromatic nitrogens is 1. The Bertz CT molecular complexity index is 849. The van der Waals surface area contributed by atoms with Gasteiger partial charge in [0.1, 0.15) is 18.2 Å². The van der Waals surface area contributed by atoms with Gasteiger partial charge in [-0.25, -0.2) is 4.98 Å². The van der Waals surface area contributed by atoms with Crippen LogP contribution in [0.5, 0.6) is 5.75 Å². The molecule has 7 heteroatoms. The third kappa shape index (κ3) is 4.64. The zero-order valence-corrected chi connectivity index (χ0v) is 15.4. The highest BCUT2D eigenvalue weighted by Crippen LogP contribution is 2.26. The van der Waals surface area contributed by atoms with Crippen LogP contribution in [-0.2, 0) is 4.79 Å². The lowest BCUT2D eigenvalue weighted by molar-refractivity contribution is -0.115. The molecule has 1 aliphatic rings. The van der Waals surface area contributed by atoms with Gasteiger partial charge in [0, 0.05) is 12.7 Å². The Balaban J connectivity index is 1.52. The molecule has 2 heterocycles. The van der Waals surface area contributed by atoms with E-state index in [-0.39, 0.29) is 11.1 Å². The second kappa shape index (κ2) is 8.05. The molecule has 2 amide bonds. The summed E-state index contributed by atoms with van der Waals surface area (Å²) in [6, 6.07) is 13.3. The number of carbonyl (C=O) groups is 2. The lowest BCUT2D eigenvalue weighted by Gasteiger charge is -2.18. The summed E-state index contributed by atoms with van der Waals surface area (Å²) in [6.07, 6.45) is 1.69. The van der Waals surface area contributed by atoms with Crippen LogP contribution in [0, 0.1) is 6.92 Å².